The van der Waals surface area contributed by atoms with Gasteiger partial charge in [0.2, 0.25) is 0 Å². The highest BCUT2D eigenvalue weighted by atomic mass is 35.5. The van der Waals surface area contributed by atoms with Crippen LogP contribution in [0.1, 0.15) is 10.4 Å². The first-order valence-electron chi connectivity index (χ1n) is 7.31. The van der Waals surface area contributed by atoms with Crippen LogP contribution in [0.3, 0.4) is 0 Å². The third kappa shape index (κ3) is 5.36. The number of methoxy groups -OCH3 is 1. The molecule has 0 aliphatic heterocycles. The highest BCUT2D eigenvalue weighted by Gasteiger charge is 2.11. The van der Waals surface area contributed by atoms with Gasteiger partial charge in [0.15, 0.2) is 11.6 Å². The van der Waals surface area contributed by atoms with Gasteiger partial charge in [-0.2, -0.15) is 0 Å². The molecule has 0 saturated carbocycles. The third-order valence-corrected chi connectivity index (χ3v) is 3.45. The fourth-order valence-corrected chi connectivity index (χ4v) is 2.08. The molecule has 0 aliphatic carbocycles. The van der Waals surface area contributed by atoms with Crippen LogP contribution < -0.4 is 15.4 Å². The highest BCUT2D eigenvalue weighted by molar-refractivity contribution is 6.33. The molecule has 0 heterocycles. The Morgan fingerprint density at radius 1 is 1.20 bits per heavy atom. The first-order valence-corrected chi connectivity index (χ1v) is 7.69. The zero-order valence-electron chi connectivity index (χ0n) is 13.3. The lowest BCUT2D eigenvalue weighted by Crippen LogP contribution is -2.32. The van der Waals surface area contributed by atoms with Crippen LogP contribution in [-0.4, -0.2) is 32.3 Å². The van der Waals surface area contributed by atoms with Gasteiger partial charge in [0.25, 0.3) is 0 Å². The number of carbonyl (C=O) groups excluding carboxylic acids is 2. The van der Waals surface area contributed by atoms with Crippen molar-refractivity contribution in [2.75, 3.05) is 25.6 Å². The molecule has 2 N–H and O–H groups in total. The van der Waals surface area contributed by atoms with Crippen LogP contribution in [0.2, 0.25) is 5.02 Å². The van der Waals surface area contributed by atoms with Gasteiger partial charge in [-0.05, 0) is 30.3 Å². The summed E-state index contributed by atoms with van der Waals surface area (Å²) in [6.07, 6.45) is 0. The molecule has 0 bridgehead atoms. The monoisotopic (exact) mass is 366 g/mol. The zero-order valence-corrected chi connectivity index (χ0v) is 14.1. The van der Waals surface area contributed by atoms with Gasteiger partial charge in [-0.1, -0.05) is 23.7 Å². The Morgan fingerprint density at radius 3 is 2.68 bits per heavy atom. The van der Waals surface area contributed by atoms with E-state index in [0.717, 1.165) is 0 Å². The summed E-state index contributed by atoms with van der Waals surface area (Å²) < 4.78 is 23.2. The Labute approximate surface area is 148 Å². The second kappa shape index (κ2) is 8.89. The van der Waals surface area contributed by atoms with Crippen molar-refractivity contribution in [1.29, 1.82) is 0 Å². The Kier molecular flexibility index (Phi) is 6.59. The van der Waals surface area contributed by atoms with Crippen LogP contribution in [0, 0.1) is 5.82 Å². The maximum Gasteiger partial charge on any atom is 0.337 e. The second-order valence-electron chi connectivity index (χ2n) is 4.85. The van der Waals surface area contributed by atoms with Crippen molar-refractivity contribution in [2.24, 2.45) is 0 Å². The van der Waals surface area contributed by atoms with Crippen molar-refractivity contribution in [2.45, 2.75) is 0 Å². The summed E-state index contributed by atoms with van der Waals surface area (Å²) in [5.74, 6) is -0.907. The van der Waals surface area contributed by atoms with Crippen LogP contribution in [0.15, 0.2) is 42.5 Å². The van der Waals surface area contributed by atoms with Gasteiger partial charge in [0.1, 0.15) is 6.61 Å². The van der Waals surface area contributed by atoms with E-state index in [4.69, 9.17) is 16.3 Å². The van der Waals surface area contributed by atoms with E-state index in [1.807, 2.05) is 0 Å². The van der Waals surface area contributed by atoms with Gasteiger partial charge in [0, 0.05) is 0 Å². The first-order chi connectivity index (χ1) is 12.0. The number of carbonyl (C=O) groups is 2. The number of ether oxygens (including phenoxy) is 2. The Hall–Kier alpha value is -2.80. The van der Waals surface area contributed by atoms with Crippen LogP contribution in [0.4, 0.5) is 14.9 Å². The molecule has 0 aromatic heterocycles. The minimum Gasteiger partial charge on any atom is -0.489 e. The van der Waals surface area contributed by atoms with E-state index in [1.165, 1.54) is 37.4 Å². The summed E-state index contributed by atoms with van der Waals surface area (Å²) >= 11 is 5.99. The molecule has 2 aromatic rings. The summed E-state index contributed by atoms with van der Waals surface area (Å²) in [5, 5.41) is 5.33. The topological polar surface area (TPSA) is 76.7 Å². The van der Waals surface area contributed by atoms with E-state index >= 15 is 0 Å². The summed E-state index contributed by atoms with van der Waals surface area (Å²) in [7, 11) is 1.26. The Balaban J connectivity index is 1.84. The predicted octanol–water partition coefficient (Wildman–Crippen LogP) is 3.47. The number of anilines is 1. The maximum absolute atomic E-state index is 13.4. The van der Waals surface area contributed by atoms with E-state index in [2.05, 4.69) is 15.4 Å². The molecule has 8 heteroatoms. The summed E-state index contributed by atoms with van der Waals surface area (Å²) in [6, 6.07) is 9.81. The number of urea groups is 1. The molecule has 2 aromatic carbocycles. The molecule has 2 amide bonds. The Bertz CT molecular complexity index is 770. The molecule has 0 radical (unpaired) electrons. The van der Waals surface area contributed by atoms with Crippen molar-refractivity contribution in [1.82, 2.24) is 5.32 Å². The summed E-state index contributed by atoms with van der Waals surface area (Å²) in [6.45, 7) is 0.235. The van der Waals surface area contributed by atoms with Crippen molar-refractivity contribution in [3.05, 3.63) is 58.9 Å². The number of halogens is 2. The molecule has 0 unspecified atom stereocenters. The van der Waals surface area contributed by atoms with Crippen molar-refractivity contribution >= 4 is 29.3 Å². The predicted molar refractivity (Wildman–Crippen MR) is 91.7 cm³/mol. The summed E-state index contributed by atoms with van der Waals surface area (Å²) in [5.41, 5.74) is 0.516. The van der Waals surface area contributed by atoms with Crippen molar-refractivity contribution in [3.63, 3.8) is 0 Å². The van der Waals surface area contributed by atoms with Crippen LogP contribution >= 0.6 is 11.6 Å². The number of esters is 1. The number of nitrogens with one attached hydrogen (secondary N) is 2. The SMILES string of the molecule is COC(=O)c1ccc(Cl)c(NC(=O)NCCOc2ccccc2F)c1. The molecular weight excluding hydrogens is 351 g/mol. The van der Waals surface area contributed by atoms with Crippen molar-refractivity contribution < 1.29 is 23.5 Å². The second-order valence-corrected chi connectivity index (χ2v) is 5.25. The molecular formula is C17H16ClFN2O4. The maximum atomic E-state index is 13.4. The molecule has 0 fully saturated rings. The smallest absolute Gasteiger partial charge is 0.337 e. The highest BCUT2D eigenvalue weighted by Crippen LogP contribution is 2.23. The van der Waals surface area contributed by atoms with Gasteiger partial charge in [-0.15, -0.1) is 0 Å². The number of para-hydroxylation sites is 1. The number of benzene rings is 2. The first kappa shape index (κ1) is 18.5. The quantitative estimate of drug-likeness (QED) is 0.606. The van der Waals surface area contributed by atoms with Gasteiger partial charge in [-0.25, -0.2) is 14.0 Å². The molecule has 6 nitrogen and oxygen atoms in total. The minimum absolute atomic E-state index is 0.0876. The molecule has 0 saturated heterocycles. The van der Waals surface area contributed by atoms with Crippen LogP contribution in [0.5, 0.6) is 5.75 Å². The molecule has 0 spiro atoms. The normalized spacial score (nSPS) is 10.0. The minimum atomic E-state index is -0.543. The van der Waals surface area contributed by atoms with E-state index in [9.17, 15) is 14.0 Å². The Morgan fingerprint density at radius 2 is 1.96 bits per heavy atom. The van der Waals surface area contributed by atoms with Gasteiger partial charge < -0.3 is 20.1 Å². The van der Waals surface area contributed by atoms with E-state index in [1.54, 1.807) is 12.1 Å². The van der Waals surface area contributed by atoms with E-state index in [0.29, 0.717) is 0 Å². The summed E-state index contributed by atoms with van der Waals surface area (Å²) in [4.78, 5) is 23.4. The van der Waals surface area contributed by atoms with Gasteiger partial charge in [0.05, 0.1) is 29.9 Å². The molecule has 25 heavy (non-hydrogen) atoms. The fraction of sp³-hybridized carbons (Fsp3) is 0.176. The van der Waals surface area contributed by atoms with Crippen molar-refractivity contribution in [3.8, 4) is 5.75 Å². The lowest BCUT2D eigenvalue weighted by Gasteiger charge is -2.11. The third-order valence-electron chi connectivity index (χ3n) is 3.12. The lowest BCUT2D eigenvalue weighted by molar-refractivity contribution is 0.0600. The standard InChI is InChI=1S/C17H16ClFN2O4/c1-24-16(22)11-6-7-12(18)14(10-11)21-17(23)20-8-9-25-15-5-3-2-4-13(15)19/h2-7,10H,8-9H2,1H3,(H2,20,21,23). The number of hydrogen-bond donors (Lipinski definition) is 2. The van der Waals surface area contributed by atoms with E-state index < -0.39 is 17.8 Å². The van der Waals surface area contributed by atoms with Crippen LogP contribution in [0.25, 0.3) is 0 Å². The van der Waals surface area contributed by atoms with Crippen LogP contribution in [-0.2, 0) is 4.74 Å². The average Bonchev–Trinajstić information content (AvgIpc) is 2.61. The number of hydrogen-bond acceptors (Lipinski definition) is 4. The van der Waals surface area contributed by atoms with E-state index in [-0.39, 0.29) is 35.2 Å². The molecule has 0 aliphatic rings. The molecule has 0 atom stereocenters. The molecule has 132 valence electrons. The molecule has 2 rings (SSSR count). The van der Waals surface area contributed by atoms with Gasteiger partial charge >= 0.3 is 12.0 Å². The van der Waals surface area contributed by atoms with Gasteiger partial charge in [-0.3, -0.25) is 0 Å². The fourth-order valence-electron chi connectivity index (χ4n) is 1.92. The average molecular weight is 367 g/mol. The number of rotatable bonds is 6. The zero-order chi connectivity index (χ0) is 18.2. The number of amides is 2. The lowest BCUT2D eigenvalue weighted by atomic mass is 10.2. The largest absolute Gasteiger partial charge is 0.489 e.